The Morgan fingerprint density at radius 1 is 0.597 bits per heavy atom. The van der Waals surface area contributed by atoms with Gasteiger partial charge >= 0.3 is 0 Å². The molecular formula is C61H60N4OPt-2. The summed E-state index contributed by atoms with van der Waals surface area (Å²) in [5, 5.41) is 2.24. The average molecular weight is 1060 g/mol. The van der Waals surface area contributed by atoms with Crippen LogP contribution in [0.5, 0.6) is 11.5 Å². The fraction of sp³-hybridized carbons (Fsp3) is 0.311. The van der Waals surface area contributed by atoms with Crippen LogP contribution in [0.1, 0.15) is 133 Å². The van der Waals surface area contributed by atoms with Crippen LogP contribution in [0.15, 0.2) is 109 Å². The van der Waals surface area contributed by atoms with Gasteiger partial charge in [-0.15, -0.1) is 35.2 Å². The molecule has 342 valence electrons. The second kappa shape index (κ2) is 14.9. The van der Waals surface area contributed by atoms with Crippen molar-refractivity contribution in [3.63, 3.8) is 0 Å². The number of aromatic nitrogens is 4. The van der Waals surface area contributed by atoms with Gasteiger partial charge in [-0.1, -0.05) is 161 Å². The van der Waals surface area contributed by atoms with Crippen LogP contribution >= 0.6 is 0 Å². The Hall–Kier alpha value is -5.77. The number of hydrogen-bond acceptors (Lipinski definition) is 2. The Bertz CT molecular complexity index is 3440. The Labute approximate surface area is 411 Å². The summed E-state index contributed by atoms with van der Waals surface area (Å²) in [7, 11) is 2.11. The molecule has 5 nitrogen and oxygen atoms in total. The van der Waals surface area contributed by atoms with Gasteiger partial charge in [0, 0.05) is 49.2 Å². The molecule has 1 spiro atoms. The molecule has 2 aliphatic rings. The van der Waals surface area contributed by atoms with Crippen molar-refractivity contribution in [2.24, 2.45) is 7.05 Å². The van der Waals surface area contributed by atoms with Gasteiger partial charge < -0.3 is 18.4 Å². The minimum absolute atomic E-state index is 0. The third-order valence-electron chi connectivity index (χ3n) is 14.3. The topological polar surface area (TPSA) is 35.9 Å². The van der Waals surface area contributed by atoms with Crippen LogP contribution in [-0.2, 0) is 55.2 Å². The zero-order valence-corrected chi connectivity index (χ0v) is 43.7. The Morgan fingerprint density at radius 2 is 1.19 bits per heavy atom. The number of nitrogens with zero attached hydrogens (tertiary/aromatic N) is 4. The summed E-state index contributed by atoms with van der Waals surface area (Å²) in [4.78, 5) is 4.95. The van der Waals surface area contributed by atoms with Crippen molar-refractivity contribution in [2.75, 3.05) is 0 Å². The third-order valence-corrected chi connectivity index (χ3v) is 14.3. The second-order valence-corrected chi connectivity index (χ2v) is 23.1. The summed E-state index contributed by atoms with van der Waals surface area (Å²) in [6, 6.07) is 47.9. The number of ether oxygens (including phenoxy) is 1. The number of para-hydroxylation sites is 2. The number of pyridine rings is 1. The van der Waals surface area contributed by atoms with Crippen LogP contribution < -0.4 is 9.30 Å². The molecule has 6 aromatic carbocycles. The van der Waals surface area contributed by atoms with Gasteiger partial charge in [-0.2, -0.15) is 12.1 Å². The Morgan fingerprint density at radius 3 is 1.81 bits per heavy atom. The fourth-order valence-corrected chi connectivity index (χ4v) is 11.1. The number of aryl methyl sites for hydroxylation is 2. The number of hydrogen-bond donors (Lipinski definition) is 0. The predicted molar refractivity (Wildman–Crippen MR) is 270 cm³/mol. The first-order chi connectivity index (χ1) is 31.1. The third kappa shape index (κ3) is 6.65. The van der Waals surface area contributed by atoms with E-state index >= 15 is 0 Å². The molecule has 1 aliphatic heterocycles. The van der Waals surface area contributed by atoms with Gasteiger partial charge in [0.1, 0.15) is 5.82 Å². The van der Waals surface area contributed by atoms with Crippen molar-refractivity contribution in [3.8, 4) is 34.1 Å². The number of benzene rings is 6. The molecule has 0 bridgehead atoms. The molecule has 67 heavy (non-hydrogen) atoms. The van der Waals surface area contributed by atoms with E-state index < -0.39 is 5.41 Å². The summed E-state index contributed by atoms with van der Waals surface area (Å²) in [5.74, 6) is 2.08. The molecule has 9 aromatic rings. The molecule has 0 saturated heterocycles. The van der Waals surface area contributed by atoms with Gasteiger partial charge in [0.05, 0.1) is 18.1 Å². The number of imidazole rings is 1. The smallest absolute Gasteiger partial charge is 0.242 e. The van der Waals surface area contributed by atoms with Crippen LogP contribution in [0.3, 0.4) is 0 Å². The van der Waals surface area contributed by atoms with E-state index in [0.29, 0.717) is 11.5 Å². The molecule has 6 heteroatoms. The summed E-state index contributed by atoms with van der Waals surface area (Å²) >= 11 is 0. The van der Waals surface area contributed by atoms with E-state index in [-0.39, 0.29) is 42.7 Å². The molecule has 0 amide bonds. The molecule has 0 fully saturated rings. The molecule has 0 atom stereocenters. The van der Waals surface area contributed by atoms with Gasteiger partial charge in [0.15, 0.2) is 0 Å². The van der Waals surface area contributed by atoms with E-state index in [1.165, 1.54) is 55.6 Å². The maximum atomic E-state index is 6.93. The van der Waals surface area contributed by atoms with Crippen LogP contribution in [0, 0.1) is 25.4 Å². The molecule has 4 heterocycles. The summed E-state index contributed by atoms with van der Waals surface area (Å²) in [6.45, 7) is 30.5. The van der Waals surface area contributed by atoms with Crippen molar-refractivity contribution in [3.05, 3.63) is 178 Å². The van der Waals surface area contributed by atoms with Crippen LogP contribution in [0.4, 0.5) is 0 Å². The first kappa shape index (κ1) is 45.0. The first-order valence-corrected chi connectivity index (χ1v) is 23.5. The van der Waals surface area contributed by atoms with Gasteiger partial charge in [0.2, 0.25) is 6.33 Å². The zero-order chi connectivity index (χ0) is 46.6. The monoisotopic (exact) mass is 1060 g/mol. The number of rotatable bonds is 3. The standard InChI is InChI=1S/C61H60N4O.Pt/c1-36-19-17-24-53(62-36)65-49-22-16-15-20-41(49)42-27-25-39(33-51(42)65)66-40-26-28-45-52(34-40)64-35-63(14)50-23-18-21-46(56(50)64)61(45)54-43(29-37(57(2,3)4)31-47(54)59(8,9)10)44-30-38(58(5,6)7)32-48(55(44)61)60(11,12)13;/h15-32H,1-14H3;/q-2;. The van der Waals surface area contributed by atoms with E-state index in [9.17, 15) is 0 Å². The van der Waals surface area contributed by atoms with Crippen molar-refractivity contribution in [2.45, 2.75) is 117 Å². The van der Waals surface area contributed by atoms with E-state index in [1.807, 2.05) is 19.1 Å². The minimum Gasteiger partial charge on any atom is -0.510 e. The maximum Gasteiger partial charge on any atom is 0.242 e. The molecule has 0 unspecified atom stereocenters. The van der Waals surface area contributed by atoms with Crippen molar-refractivity contribution < 1.29 is 30.4 Å². The first-order valence-electron chi connectivity index (χ1n) is 23.5. The average Bonchev–Trinajstić information content (AvgIpc) is 3.87. The van der Waals surface area contributed by atoms with E-state index in [4.69, 9.17) is 9.72 Å². The van der Waals surface area contributed by atoms with Crippen LogP contribution in [-0.4, -0.2) is 14.1 Å². The number of fused-ring (bicyclic) bond motifs is 12. The van der Waals surface area contributed by atoms with Crippen molar-refractivity contribution in [1.82, 2.24) is 14.1 Å². The molecule has 0 N–H and O–H groups in total. The van der Waals surface area contributed by atoms with E-state index in [0.717, 1.165) is 50.0 Å². The Kier molecular flexibility index (Phi) is 9.99. The van der Waals surface area contributed by atoms with Gasteiger partial charge in [-0.25, -0.2) is 4.98 Å². The zero-order valence-electron chi connectivity index (χ0n) is 41.4. The molecule has 0 radical (unpaired) electrons. The van der Waals surface area contributed by atoms with Gasteiger partial charge in [-0.3, -0.25) is 0 Å². The molecule has 0 saturated carbocycles. The normalized spacial score (nSPS) is 14.1. The maximum absolute atomic E-state index is 6.93. The minimum atomic E-state index is -0.686. The molecule has 1 aliphatic carbocycles. The summed E-state index contributed by atoms with van der Waals surface area (Å²) in [5.41, 5.74) is 18.3. The predicted octanol–water partition coefficient (Wildman–Crippen LogP) is 14.3. The molecule has 3 aromatic heterocycles. The second-order valence-electron chi connectivity index (χ2n) is 23.1. The van der Waals surface area contributed by atoms with Gasteiger partial charge in [-0.05, 0) is 102 Å². The fourth-order valence-electron chi connectivity index (χ4n) is 11.1. The summed E-state index contributed by atoms with van der Waals surface area (Å²) < 4.78 is 13.5. The van der Waals surface area contributed by atoms with Crippen LogP contribution in [0.25, 0.3) is 55.5 Å². The molecular weight excluding hydrogens is 1000 g/mol. The molecule has 11 rings (SSSR count). The van der Waals surface area contributed by atoms with Crippen molar-refractivity contribution >= 4 is 32.8 Å². The van der Waals surface area contributed by atoms with Gasteiger partial charge in [0.25, 0.3) is 0 Å². The largest absolute Gasteiger partial charge is 0.510 e. The Balaban J connectivity index is 0.00000525. The van der Waals surface area contributed by atoms with E-state index in [1.54, 1.807) is 0 Å². The van der Waals surface area contributed by atoms with E-state index in [2.05, 4.69) is 219 Å². The van der Waals surface area contributed by atoms with Crippen LogP contribution in [0.2, 0.25) is 0 Å². The summed E-state index contributed by atoms with van der Waals surface area (Å²) in [6.07, 6.45) is 3.74. The quantitative estimate of drug-likeness (QED) is 0.131. The van der Waals surface area contributed by atoms with Crippen molar-refractivity contribution in [1.29, 1.82) is 0 Å². The SMILES string of the molecule is Cc1cccc(-n2c3[c-]c(Oc4[c-]c5c(cc4)C4(c6c(cc(C(C)(C)C)cc6C(C)(C)C)-c6cc(C(C)(C)C)cc(C(C)(C)C)c64)c4cccc6c4n-5[c-][n+]6C)ccc3c3ccccc32)n1.[Pt].